The van der Waals surface area contributed by atoms with E-state index in [9.17, 15) is 14.7 Å². The molecule has 3 N–H and O–H groups in total. The Balaban J connectivity index is 1.40. The Hall–Kier alpha value is -2.75. The second-order valence-electron chi connectivity index (χ2n) is 9.21. The van der Waals surface area contributed by atoms with Gasteiger partial charge in [-0.3, -0.25) is 9.59 Å². The van der Waals surface area contributed by atoms with E-state index in [2.05, 4.69) is 20.6 Å². The van der Waals surface area contributed by atoms with E-state index in [0.29, 0.717) is 53.8 Å². The zero-order valence-electron chi connectivity index (χ0n) is 19.0. The van der Waals surface area contributed by atoms with Gasteiger partial charge >= 0.3 is 0 Å². The van der Waals surface area contributed by atoms with E-state index in [4.69, 9.17) is 16.3 Å². The maximum absolute atomic E-state index is 13.4. The Labute approximate surface area is 202 Å². The minimum Gasteiger partial charge on any atom is -0.381 e. The Bertz CT molecular complexity index is 1120. The molecule has 10 heteroatoms. The third-order valence-electron chi connectivity index (χ3n) is 6.93. The number of ether oxygens (including phenoxy) is 1. The summed E-state index contributed by atoms with van der Waals surface area (Å²) in [5, 5.41) is 17.9. The Kier molecular flexibility index (Phi) is 6.18. The highest BCUT2D eigenvalue weighted by molar-refractivity contribution is 6.33. The molecule has 2 fully saturated rings. The third kappa shape index (κ3) is 4.23. The molecule has 2 atom stereocenters. The molecule has 0 unspecified atom stereocenters. The summed E-state index contributed by atoms with van der Waals surface area (Å²) in [5.74, 6) is 0.000780. The van der Waals surface area contributed by atoms with Gasteiger partial charge in [-0.15, -0.1) is 0 Å². The maximum atomic E-state index is 13.4. The van der Waals surface area contributed by atoms with Crippen LogP contribution in [0, 0.1) is 0 Å². The number of benzene rings is 1. The SMILES string of the molecule is CC(=O)N[C@H]1CCC[C@]1(O)N1Cc2ccc(-c3nc(NC4CCOCC4)ncc3Cl)cc2C1=O. The predicted octanol–water partition coefficient (Wildman–Crippen LogP) is 2.72. The molecule has 34 heavy (non-hydrogen) atoms. The number of carbonyl (C=O) groups excluding carboxylic acids is 2. The van der Waals surface area contributed by atoms with Crippen molar-refractivity contribution in [3.8, 4) is 11.3 Å². The van der Waals surface area contributed by atoms with Crippen LogP contribution in [0.2, 0.25) is 5.02 Å². The number of carbonyl (C=O) groups is 2. The molecular weight excluding hydrogens is 458 g/mol. The van der Waals surface area contributed by atoms with E-state index in [1.165, 1.54) is 11.8 Å². The third-order valence-corrected chi connectivity index (χ3v) is 7.20. The molecular formula is C24H28ClN5O4. The Morgan fingerprint density at radius 3 is 2.85 bits per heavy atom. The quantitative estimate of drug-likeness (QED) is 0.596. The molecule has 2 aromatic rings. The summed E-state index contributed by atoms with van der Waals surface area (Å²) >= 11 is 6.43. The van der Waals surface area contributed by atoms with Crippen molar-refractivity contribution >= 4 is 29.4 Å². The van der Waals surface area contributed by atoms with E-state index in [1.807, 2.05) is 12.1 Å². The minimum absolute atomic E-state index is 0.222. The maximum Gasteiger partial charge on any atom is 0.256 e. The number of anilines is 1. The highest BCUT2D eigenvalue weighted by Crippen LogP contribution is 2.40. The van der Waals surface area contributed by atoms with Crippen LogP contribution in [0.4, 0.5) is 5.95 Å². The number of nitrogens with zero attached hydrogens (tertiary/aromatic N) is 3. The molecule has 2 aliphatic heterocycles. The summed E-state index contributed by atoms with van der Waals surface area (Å²) in [6.45, 7) is 3.12. The first-order valence-electron chi connectivity index (χ1n) is 11.7. The number of fused-ring (bicyclic) bond motifs is 1. The monoisotopic (exact) mass is 485 g/mol. The molecule has 9 nitrogen and oxygen atoms in total. The predicted molar refractivity (Wildman–Crippen MR) is 126 cm³/mol. The van der Waals surface area contributed by atoms with Crippen molar-refractivity contribution in [2.75, 3.05) is 18.5 Å². The van der Waals surface area contributed by atoms with E-state index in [-0.39, 0.29) is 24.4 Å². The van der Waals surface area contributed by atoms with E-state index in [0.717, 1.165) is 24.8 Å². The van der Waals surface area contributed by atoms with Crippen molar-refractivity contribution in [3.05, 3.63) is 40.5 Å². The van der Waals surface area contributed by atoms with Crippen LogP contribution in [0.25, 0.3) is 11.3 Å². The Morgan fingerprint density at radius 2 is 2.09 bits per heavy atom. The van der Waals surface area contributed by atoms with Crippen LogP contribution in [0.15, 0.2) is 24.4 Å². The molecule has 5 rings (SSSR count). The average Bonchev–Trinajstić information content (AvgIpc) is 3.35. The van der Waals surface area contributed by atoms with E-state index in [1.54, 1.807) is 12.3 Å². The Morgan fingerprint density at radius 1 is 1.29 bits per heavy atom. The molecule has 2 amide bonds. The van der Waals surface area contributed by atoms with Gasteiger partial charge in [0.05, 0.1) is 23.0 Å². The number of amides is 2. The standard InChI is InChI=1S/C24H28ClN5O4/c1-14(31)27-20-3-2-8-24(20,33)30-13-16-5-4-15(11-18(16)22(30)32)21-19(25)12-26-23(29-21)28-17-6-9-34-10-7-17/h4-5,11-12,17,20,33H,2-3,6-10,13H2,1H3,(H,27,31)(H,26,28,29)/t20-,24+/m0/s1. The van der Waals surface area contributed by atoms with Gasteiger partial charge in [-0.2, -0.15) is 0 Å². The van der Waals surface area contributed by atoms with Gasteiger partial charge in [0, 0.05) is 43.9 Å². The fraction of sp³-hybridized carbons (Fsp3) is 0.500. The first-order valence-corrected chi connectivity index (χ1v) is 12.0. The highest BCUT2D eigenvalue weighted by atomic mass is 35.5. The molecule has 0 bridgehead atoms. The van der Waals surface area contributed by atoms with Crippen LogP contribution < -0.4 is 10.6 Å². The highest BCUT2D eigenvalue weighted by Gasteiger charge is 2.50. The van der Waals surface area contributed by atoms with Crippen LogP contribution in [0.3, 0.4) is 0 Å². The summed E-state index contributed by atoms with van der Waals surface area (Å²) in [4.78, 5) is 35.4. The largest absolute Gasteiger partial charge is 0.381 e. The summed E-state index contributed by atoms with van der Waals surface area (Å²) in [7, 11) is 0. The van der Waals surface area contributed by atoms with Crippen molar-refractivity contribution in [1.29, 1.82) is 0 Å². The van der Waals surface area contributed by atoms with Gasteiger partial charge in [0.15, 0.2) is 5.72 Å². The van der Waals surface area contributed by atoms with Crippen molar-refractivity contribution in [2.45, 2.75) is 63.4 Å². The summed E-state index contributed by atoms with van der Waals surface area (Å²) in [6.07, 6.45) is 5.10. The van der Waals surface area contributed by atoms with Gasteiger partial charge in [0.1, 0.15) is 0 Å². The first-order chi connectivity index (χ1) is 16.3. The van der Waals surface area contributed by atoms with Gasteiger partial charge in [-0.1, -0.05) is 23.7 Å². The van der Waals surface area contributed by atoms with Gasteiger partial charge < -0.3 is 25.4 Å². The molecule has 3 aliphatic rings. The second kappa shape index (κ2) is 9.13. The molecule has 1 aliphatic carbocycles. The summed E-state index contributed by atoms with van der Waals surface area (Å²) in [5.41, 5.74) is 1.16. The molecule has 3 heterocycles. The van der Waals surface area contributed by atoms with Gasteiger partial charge in [-0.25, -0.2) is 9.97 Å². The fourth-order valence-corrected chi connectivity index (χ4v) is 5.35. The number of aliphatic hydroxyl groups is 1. The first kappa shape index (κ1) is 23.0. The number of halogens is 1. The number of hydrogen-bond acceptors (Lipinski definition) is 7. The fourth-order valence-electron chi connectivity index (χ4n) is 5.15. The number of rotatable bonds is 5. The average molecular weight is 486 g/mol. The smallest absolute Gasteiger partial charge is 0.256 e. The number of hydrogen-bond donors (Lipinski definition) is 3. The minimum atomic E-state index is -1.41. The molecule has 1 aromatic heterocycles. The second-order valence-corrected chi connectivity index (χ2v) is 9.62. The molecule has 0 radical (unpaired) electrons. The van der Waals surface area contributed by atoms with Gasteiger partial charge in [0.2, 0.25) is 11.9 Å². The number of nitrogens with one attached hydrogen (secondary N) is 2. The molecule has 1 saturated heterocycles. The normalized spacial score (nSPS) is 24.9. The van der Waals surface area contributed by atoms with Gasteiger partial charge in [0.25, 0.3) is 5.91 Å². The van der Waals surface area contributed by atoms with Crippen LogP contribution in [0.5, 0.6) is 0 Å². The summed E-state index contributed by atoms with van der Waals surface area (Å²) < 4.78 is 5.40. The van der Waals surface area contributed by atoms with Crippen LogP contribution >= 0.6 is 11.6 Å². The van der Waals surface area contributed by atoms with Crippen molar-refractivity contribution in [1.82, 2.24) is 20.2 Å². The molecule has 0 spiro atoms. The van der Waals surface area contributed by atoms with Crippen molar-refractivity contribution in [2.24, 2.45) is 0 Å². The van der Waals surface area contributed by atoms with E-state index >= 15 is 0 Å². The van der Waals surface area contributed by atoms with Gasteiger partial charge in [-0.05, 0) is 43.7 Å². The van der Waals surface area contributed by atoms with Crippen molar-refractivity contribution < 1.29 is 19.4 Å². The lowest BCUT2D eigenvalue weighted by molar-refractivity contribution is -0.128. The lowest BCUT2D eigenvalue weighted by Crippen LogP contribution is -2.59. The van der Waals surface area contributed by atoms with Crippen LogP contribution in [0.1, 0.15) is 54.9 Å². The van der Waals surface area contributed by atoms with Crippen LogP contribution in [-0.4, -0.2) is 62.8 Å². The molecule has 180 valence electrons. The van der Waals surface area contributed by atoms with Crippen molar-refractivity contribution in [3.63, 3.8) is 0 Å². The zero-order chi connectivity index (χ0) is 23.9. The number of aromatic nitrogens is 2. The van der Waals surface area contributed by atoms with E-state index < -0.39 is 11.8 Å². The lowest BCUT2D eigenvalue weighted by atomic mass is 10.0. The van der Waals surface area contributed by atoms with Crippen LogP contribution in [-0.2, 0) is 16.1 Å². The molecule has 1 saturated carbocycles. The lowest BCUT2D eigenvalue weighted by Gasteiger charge is -2.38. The topological polar surface area (TPSA) is 117 Å². The molecule has 1 aromatic carbocycles. The zero-order valence-corrected chi connectivity index (χ0v) is 19.8. The summed E-state index contributed by atoms with van der Waals surface area (Å²) in [6, 6.07) is 5.28.